The standard InChI is InChI=1S/C21H18F2N2O3/c1-27-19(13-6-3-2-4-7-13)20-24-16-12-25(11-10-17(16)28-20)21(26)14-8-5-9-15(22)18(14)23/h2-9,19H,10-12H2,1H3. The average Bonchev–Trinajstić information content (AvgIpc) is 3.13. The summed E-state index contributed by atoms with van der Waals surface area (Å²) in [6.07, 6.45) is -0.0208. The normalized spacial score (nSPS) is 14.6. The number of rotatable bonds is 4. The first-order chi connectivity index (χ1) is 13.6. The van der Waals surface area contributed by atoms with E-state index < -0.39 is 23.6 Å². The number of fused-ring (bicyclic) bond motifs is 1. The molecule has 5 nitrogen and oxygen atoms in total. The maximum absolute atomic E-state index is 14.0. The van der Waals surface area contributed by atoms with E-state index in [1.54, 1.807) is 7.11 Å². The minimum atomic E-state index is -1.14. The minimum Gasteiger partial charge on any atom is -0.442 e. The molecule has 1 atom stereocenters. The molecule has 7 heteroatoms. The van der Waals surface area contributed by atoms with Crippen molar-refractivity contribution in [3.63, 3.8) is 0 Å². The summed E-state index contributed by atoms with van der Waals surface area (Å²) in [5, 5.41) is 0. The van der Waals surface area contributed by atoms with Crippen molar-refractivity contribution in [2.75, 3.05) is 13.7 Å². The Balaban J connectivity index is 1.58. The van der Waals surface area contributed by atoms with Crippen LogP contribution in [-0.2, 0) is 17.7 Å². The minimum absolute atomic E-state index is 0.166. The third-order valence-corrected chi connectivity index (χ3v) is 4.78. The van der Waals surface area contributed by atoms with Gasteiger partial charge in [0.25, 0.3) is 5.91 Å². The van der Waals surface area contributed by atoms with E-state index in [-0.39, 0.29) is 12.1 Å². The number of benzene rings is 2. The molecule has 0 spiro atoms. The first-order valence-electron chi connectivity index (χ1n) is 8.88. The molecule has 4 rings (SSSR count). The van der Waals surface area contributed by atoms with Gasteiger partial charge in [-0.3, -0.25) is 4.79 Å². The highest BCUT2D eigenvalue weighted by atomic mass is 19.2. The first kappa shape index (κ1) is 18.3. The van der Waals surface area contributed by atoms with Crippen molar-refractivity contribution in [2.24, 2.45) is 0 Å². The van der Waals surface area contributed by atoms with Gasteiger partial charge in [-0.05, 0) is 17.7 Å². The Bertz CT molecular complexity index is 1000. The van der Waals surface area contributed by atoms with Gasteiger partial charge in [0.05, 0.1) is 12.1 Å². The van der Waals surface area contributed by atoms with Crippen LogP contribution in [0.1, 0.15) is 39.4 Å². The van der Waals surface area contributed by atoms with Crippen LogP contribution >= 0.6 is 0 Å². The summed E-state index contributed by atoms with van der Waals surface area (Å²) in [6, 6.07) is 13.1. The Kier molecular flexibility index (Phi) is 4.92. The molecule has 0 saturated carbocycles. The quantitative estimate of drug-likeness (QED) is 0.685. The van der Waals surface area contributed by atoms with Crippen molar-refractivity contribution in [1.82, 2.24) is 9.88 Å². The molecular weight excluding hydrogens is 366 g/mol. The van der Waals surface area contributed by atoms with E-state index in [9.17, 15) is 13.6 Å². The zero-order chi connectivity index (χ0) is 19.7. The van der Waals surface area contributed by atoms with Crippen molar-refractivity contribution in [3.8, 4) is 0 Å². The molecule has 0 N–H and O–H groups in total. The Hall–Kier alpha value is -3.06. The van der Waals surface area contributed by atoms with Gasteiger partial charge >= 0.3 is 0 Å². The lowest BCUT2D eigenvalue weighted by Gasteiger charge is -2.25. The molecule has 0 saturated heterocycles. The molecule has 0 bridgehead atoms. The fourth-order valence-corrected chi connectivity index (χ4v) is 3.35. The van der Waals surface area contributed by atoms with E-state index in [0.29, 0.717) is 30.3 Å². The maximum Gasteiger partial charge on any atom is 0.257 e. The van der Waals surface area contributed by atoms with E-state index >= 15 is 0 Å². The average molecular weight is 384 g/mol. The predicted octanol–water partition coefficient (Wildman–Crippen LogP) is 3.89. The summed E-state index contributed by atoms with van der Waals surface area (Å²) in [4.78, 5) is 18.6. The van der Waals surface area contributed by atoms with Crippen LogP contribution in [0.3, 0.4) is 0 Å². The zero-order valence-electron chi connectivity index (χ0n) is 15.2. The van der Waals surface area contributed by atoms with Gasteiger partial charge in [-0.2, -0.15) is 0 Å². The number of carbonyl (C=O) groups is 1. The predicted molar refractivity (Wildman–Crippen MR) is 96.6 cm³/mol. The Labute approximate surface area is 160 Å². The number of hydrogen-bond acceptors (Lipinski definition) is 4. The number of amides is 1. The summed E-state index contributed by atoms with van der Waals surface area (Å²) in [5.41, 5.74) is 1.22. The number of methoxy groups -OCH3 is 1. The number of aromatic nitrogens is 1. The molecule has 1 aromatic heterocycles. The Morgan fingerprint density at radius 2 is 1.96 bits per heavy atom. The van der Waals surface area contributed by atoms with Crippen molar-refractivity contribution in [1.29, 1.82) is 0 Å². The van der Waals surface area contributed by atoms with Crippen LogP contribution in [0.15, 0.2) is 52.9 Å². The second-order valence-corrected chi connectivity index (χ2v) is 6.53. The lowest BCUT2D eigenvalue weighted by Crippen LogP contribution is -2.36. The molecule has 3 aromatic rings. The fraction of sp³-hybridized carbons (Fsp3) is 0.238. The number of halogens is 2. The molecule has 2 heterocycles. The Morgan fingerprint density at radius 3 is 2.71 bits per heavy atom. The van der Waals surface area contributed by atoms with Gasteiger partial charge in [0.15, 0.2) is 17.7 Å². The van der Waals surface area contributed by atoms with Crippen LogP contribution in [-0.4, -0.2) is 29.4 Å². The molecule has 2 aromatic carbocycles. The molecule has 0 fully saturated rings. The summed E-state index contributed by atoms with van der Waals surface area (Å²) in [7, 11) is 1.57. The molecule has 1 unspecified atom stereocenters. The monoisotopic (exact) mass is 384 g/mol. The maximum atomic E-state index is 14.0. The second kappa shape index (κ2) is 7.52. The SMILES string of the molecule is COC(c1ccccc1)c1nc2c(o1)CCN(C(=O)c1cccc(F)c1F)C2. The molecule has 1 aliphatic rings. The van der Waals surface area contributed by atoms with Gasteiger partial charge in [-0.25, -0.2) is 13.8 Å². The largest absolute Gasteiger partial charge is 0.442 e. The lowest BCUT2D eigenvalue weighted by atomic mass is 10.1. The lowest BCUT2D eigenvalue weighted by molar-refractivity contribution is 0.0721. The summed E-state index contributed by atoms with van der Waals surface area (Å²) in [5.74, 6) is -1.67. The number of nitrogens with zero attached hydrogens (tertiary/aromatic N) is 2. The molecule has 1 amide bonds. The Morgan fingerprint density at radius 1 is 1.18 bits per heavy atom. The number of ether oxygens (including phenoxy) is 1. The number of hydrogen-bond donors (Lipinski definition) is 0. The third kappa shape index (κ3) is 3.29. The van der Waals surface area contributed by atoms with Crippen molar-refractivity contribution in [3.05, 3.63) is 88.6 Å². The van der Waals surface area contributed by atoms with Gasteiger partial charge in [-0.1, -0.05) is 36.4 Å². The van der Waals surface area contributed by atoms with Crippen LogP contribution in [0.4, 0.5) is 8.78 Å². The zero-order valence-corrected chi connectivity index (χ0v) is 15.2. The van der Waals surface area contributed by atoms with E-state index in [4.69, 9.17) is 9.15 Å². The molecule has 28 heavy (non-hydrogen) atoms. The van der Waals surface area contributed by atoms with Gasteiger partial charge < -0.3 is 14.1 Å². The molecular formula is C21H18F2N2O3. The highest BCUT2D eigenvalue weighted by Crippen LogP contribution is 2.29. The van der Waals surface area contributed by atoms with Gasteiger partial charge in [0, 0.05) is 20.1 Å². The number of oxazole rings is 1. The van der Waals surface area contributed by atoms with E-state index in [0.717, 1.165) is 11.6 Å². The van der Waals surface area contributed by atoms with Crippen molar-refractivity contribution >= 4 is 5.91 Å². The van der Waals surface area contributed by atoms with Gasteiger partial charge in [0.2, 0.25) is 5.89 Å². The summed E-state index contributed by atoms with van der Waals surface area (Å²) < 4.78 is 38.9. The summed E-state index contributed by atoms with van der Waals surface area (Å²) in [6.45, 7) is 0.498. The van der Waals surface area contributed by atoms with Gasteiger partial charge in [0.1, 0.15) is 11.5 Å². The van der Waals surface area contributed by atoms with Crippen LogP contribution in [0.2, 0.25) is 0 Å². The van der Waals surface area contributed by atoms with E-state index in [1.165, 1.54) is 17.0 Å². The molecule has 144 valence electrons. The van der Waals surface area contributed by atoms with Crippen LogP contribution in [0, 0.1) is 11.6 Å². The van der Waals surface area contributed by atoms with E-state index in [1.807, 2.05) is 30.3 Å². The second-order valence-electron chi connectivity index (χ2n) is 6.53. The third-order valence-electron chi connectivity index (χ3n) is 4.78. The molecule has 0 aliphatic carbocycles. The van der Waals surface area contributed by atoms with Crippen molar-refractivity contribution in [2.45, 2.75) is 19.1 Å². The van der Waals surface area contributed by atoms with Crippen LogP contribution in [0.5, 0.6) is 0 Å². The van der Waals surface area contributed by atoms with Crippen LogP contribution in [0.25, 0.3) is 0 Å². The fourth-order valence-electron chi connectivity index (χ4n) is 3.35. The van der Waals surface area contributed by atoms with Crippen molar-refractivity contribution < 1.29 is 22.7 Å². The smallest absolute Gasteiger partial charge is 0.257 e. The highest BCUT2D eigenvalue weighted by Gasteiger charge is 2.30. The number of carbonyl (C=O) groups excluding carboxylic acids is 1. The molecule has 0 radical (unpaired) electrons. The first-order valence-corrected chi connectivity index (χ1v) is 8.88. The molecule has 1 aliphatic heterocycles. The summed E-state index contributed by atoms with van der Waals surface area (Å²) >= 11 is 0. The van der Waals surface area contributed by atoms with E-state index in [2.05, 4.69) is 4.98 Å². The van der Waals surface area contributed by atoms with Crippen LogP contribution < -0.4 is 0 Å². The van der Waals surface area contributed by atoms with Gasteiger partial charge in [-0.15, -0.1) is 0 Å². The highest BCUT2D eigenvalue weighted by molar-refractivity contribution is 5.94. The topological polar surface area (TPSA) is 55.6 Å².